The highest BCUT2D eigenvalue weighted by molar-refractivity contribution is 5.94. The van der Waals surface area contributed by atoms with E-state index in [-0.39, 0.29) is 11.9 Å². The van der Waals surface area contributed by atoms with E-state index in [1.807, 2.05) is 0 Å². The summed E-state index contributed by atoms with van der Waals surface area (Å²) in [5, 5.41) is 9.52. The van der Waals surface area contributed by atoms with Crippen molar-refractivity contribution in [2.75, 3.05) is 0 Å². The van der Waals surface area contributed by atoms with Gasteiger partial charge in [0.25, 0.3) is 0 Å². The molecule has 0 aliphatic heterocycles. The highest BCUT2D eigenvalue weighted by Gasteiger charge is 2.31. The molecular weight excluding hydrogens is 319 g/mol. The van der Waals surface area contributed by atoms with Crippen LogP contribution in [0.25, 0.3) is 22.2 Å². The van der Waals surface area contributed by atoms with Crippen molar-refractivity contribution in [2.24, 2.45) is 0 Å². The van der Waals surface area contributed by atoms with E-state index in [9.17, 15) is 23.1 Å². The molecule has 0 bridgehead atoms. The molecule has 6 heteroatoms. The molecule has 2 N–H and O–H groups in total. The smallest absolute Gasteiger partial charge is 0.303 e. The zero-order valence-electron chi connectivity index (χ0n) is 12.4. The number of rotatable bonds is 2. The molecule has 1 aliphatic rings. The maximum Gasteiger partial charge on any atom is 0.303 e. The Kier molecular flexibility index (Phi) is 3.16. The number of carboxylic acid groups (broad SMARTS) is 1. The Labute approximate surface area is 134 Å². The van der Waals surface area contributed by atoms with Gasteiger partial charge in [0.15, 0.2) is 0 Å². The first kappa shape index (κ1) is 14.8. The van der Waals surface area contributed by atoms with E-state index in [2.05, 4.69) is 4.98 Å². The molecule has 0 amide bonds. The van der Waals surface area contributed by atoms with Gasteiger partial charge in [0.2, 0.25) is 0 Å². The molecule has 1 aliphatic carbocycles. The van der Waals surface area contributed by atoms with Crippen LogP contribution in [0.3, 0.4) is 0 Å². The van der Waals surface area contributed by atoms with E-state index in [4.69, 9.17) is 0 Å². The van der Waals surface area contributed by atoms with Crippen LogP contribution in [-0.4, -0.2) is 16.1 Å². The molecule has 122 valence electrons. The standard InChI is InChI=1S/C18H12F3NO2/c19-10-1-2-12-8(4-10)3-9(5-15(23)24)16-13-6-11(20)7-14(21)17(13)22-18(12)16/h1-2,4,6-7,9,22H,3,5H2,(H,23,24). The number of benzene rings is 2. The summed E-state index contributed by atoms with van der Waals surface area (Å²) >= 11 is 0. The van der Waals surface area contributed by atoms with Crippen LogP contribution in [0.5, 0.6) is 0 Å². The minimum absolute atomic E-state index is 0.133. The predicted octanol–water partition coefficient (Wildman–Crippen LogP) is 4.37. The number of aromatic nitrogens is 1. The lowest BCUT2D eigenvalue weighted by Crippen LogP contribution is -2.14. The summed E-state index contributed by atoms with van der Waals surface area (Å²) in [6.45, 7) is 0. The van der Waals surface area contributed by atoms with Gasteiger partial charge in [-0.15, -0.1) is 0 Å². The number of carbonyl (C=O) groups is 1. The van der Waals surface area contributed by atoms with Crippen LogP contribution in [0.15, 0.2) is 30.3 Å². The number of hydrogen-bond acceptors (Lipinski definition) is 1. The molecule has 0 spiro atoms. The van der Waals surface area contributed by atoms with Gasteiger partial charge in [-0.05, 0) is 41.8 Å². The normalized spacial score (nSPS) is 16.0. The number of aliphatic carboxylic acids is 1. The predicted molar refractivity (Wildman–Crippen MR) is 82.3 cm³/mol. The maximum absolute atomic E-state index is 14.1. The minimum atomic E-state index is -1.02. The summed E-state index contributed by atoms with van der Waals surface area (Å²) in [5.74, 6) is -3.38. The van der Waals surface area contributed by atoms with Gasteiger partial charge in [0, 0.05) is 22.9 Å². The molecule has 0 radical (unpaired) electrons. The second-order valence-electron chi connectivity index (χ2n) is 6.02. The number of fused-ring (bicyclic) bond motifs is 5. The second-order valence-corrected chi connectivity index (χ2v) is 6.02. The van der Waals surface area contributed by atoms with Gasteiger partial charge in [-0.1, -0.05) is 0 Å². The second kappa shape index (κ2) is 5.12. The molecule has 0 saturated heterocycles. The molecule has 3 nitrogen and oxygen atoms in total. The molecule has 0 saturated carbocycles. The molecule has 1 atom stereocenters. The van der Waals surface area contributed by atoms with Crippen molar-refractivity contribution in [1.29, 1.82) is 0 Å². The fourth-order valence-electron chi connectivity index (χ4n) is 3.60. The molecule has 1 unspecified atom stereocenters. The van der Waals surface area contributed by atoms with Crippen LogP contribution in [0.2, 0.25) is 0 Å². The zero-order valence-corrected chi connectivity index (χ0v) is 12.4. The van der Waals surface area contributed by atoms with Gasteiger partial charge in [0.1, 0.15) is 17.5 Å². The van der Waals surface area contributed by atoms with Crippen molar-refractivity contribution >= 4 is 16.9 Å². The van der Waals surface area contributed by atoms with E-state index in [0.29, 0.717) is 34.2 Å². The van der Waals surface area contributed by atoms with Gasteiger partial charge in [0.05, 0.1) is 17.6 Å². The minimum Gasteiger partial charge on any atom is -0.481 e. The summed E-state index contributed by atoms with van der Waals surface area (Å²) in [6, 6.07) is 6.21. The average Bonchev–Trinajstić information content (AvgIpc) is 2.86. The van der Waals surface area contributed by atoms with Crippen LogP contribution >= 0.6 is 0 Å². The van der Waals surface area contributed by atoms with Crippen LogP contribution in [0.4, 0.5) is 13.2 Å². The molecule has 4 rings (SSSR count). The highest BCUT2D eigenvalue weighted by atomic mass is 19.1. The Balaban J connectivity index is 2.05. The number of H-pyrrole nitrogens is 1. The molecule has 3 aromatic rings. The molecule has 1 heterocycles. The van der Waals surface area contributed by atoms with Gasteiger partial charge in [-0.3, -0.25) is 4.79 Å². The Hall–Kier alpha value is -2.76. The lowest BCUT2D eigenvalue weighted by atomic mass is 9.79. The summed E-state index contributed by atoms with van der Waals surface area (Å²) in [6.07, 6.45) is 0.103. The summed E-state index contributed by atoms with van der Waals surface area (Å²) in [4.78, 5) is 14.1. The topological polar surface area (TPSA) is 53.1 Å². The largest absolute Gasteiger partial charge is 0.481 e. The van der Waals surface area contributed by atoms with Gasteiger partial charge in [-0.2, -0.15) is 0 Å². The third-order valence-electron chi connectivity index (χ3n) is 4.50. The van der Waals surface area contributed by atoms with Gasteiger partial charge in [-0.25, -0.2) is 13.2 Å². The maximum atomic E-state index is 14.1. The van der Waals surface area contributed by atoms with E-state index in [1.165, 1.54) is 18.2 Å². The van der Waals surface area contributed by atoms with Crippen LogP contribution in [0.1, 0.15) is 23.5 Å². The fourth-order valence-corrected chi connectivity index (χ4v) is 3.60. The van der Waals surface area contributed by atoms with Gasteiger partial charge < -0.3 is 10.1 Å². The van der Waals surface area contributed by atoms with Crippen molar-refractivity contribution in [2.45, 2.75) is 18.8 Å². The van der Waals surface area contributed by atoms with Crippen molar-refractivity contribution in [3.8, 4) is 11.3 Å². The number of halogens is 3. The lowest BCUT2D eigenvalue weighted by molar-refractivity contribution is -0.137. The van der Waals surface area contributed by atoms with E-state index in [1.54, 1.807) is 6.07 Å². The Bertz CT molecular complexity index is 994. The van der Waals surface area contributed by atoms with Crippen LogP contribution in [-0.2, 0) is 11.2 Å². The monoisotopic (exact) mass is 331 g/mol. The Morgan fingerprint density at radius 2 is 1.96 bits per heavy atom. The highest BCUT2D eigenvalue weighted by Crippen LogP contribution is 2.45. The number of carboxylic acids is 1. The van der Waals surface area contributed by atoms with Gasteiger partial charge >= 0.3 is 5.97 Å². The first-order valence-corrected chi connectivity index (χ1v) is 7.45. The summed E-state index contributed by atoms with van der Waals surface area (Å²) < 4.78 is 41.3. The van der Waals surface area contributed by atoms with Crippen LogP contribution in [0, 0.1) is 17.5 Å². The third kappa shape index (κ3) is 2.18. The van der Waals surface area contributed by atoms with Crippen molar-refractivity contribution < 1.29 is 23.1 Å². The first-order valence-electron chi connectivity index (χ1n) is 7.45. The third-order valence-corrected chi connectivity index (χ3v) is 4.50. The molecular formula is C18H12F3NO2. The summed E-state index contributed by atoms with van der Waals surface area (Å²) in [5.41, 5.74) is 2.58. The lowest BCUT2D eigenvalue weighted by Gasteiger charge is -2.24. The van der Waals surface area contributed by atoms with Crippen molar-refractivity contribution in [1.82, 2.24) is 4.98 Å². The number of hydrogen-bond donors (Lipinski definition) is 2. The van der Waals surface area contributed by atoms with E-state index < -0.39 is 29.3 Å². The average molecular weight is 331 g/mol. The van der Waals surface area contributed by atoms with E-state index in [0.717, 1.165) is 6.07 Å². The summed E-state index contributed by atoms with van der Waals surface area (Å²) in [7, 11) is 0. The fraction of sp³-hybridized carbons (Fsp3) is 0.167. The Morgan fingerprint density at radius 3 is 2.71 bits per heavy atom. The number of nitrogens with one attached hydrogen (secondary N) is 1. The number of aromatic amines is 1. The van der Waals surface area contributed by atoms with E-state index >= 15 is 0 Å². The molecule has 24 heavy (non-hydrogen) atoms. The van der Waals surface area contributed by atoms with Crippen molar-refractivity contribution in [3.05, 3.63) is 58.9 Å². The zero-order chi connectivity index (χ0) is 17.0. The van der Waals surface area contributed by atoms with Crippen molar-refractivity contribution in [3.63, 3.8) is 0 Å². The molecule has 1 aromatic heterocycles. The Morgan fingerprint density at radius 1 is 1.17 bits per heavy atom. The quantitative estimate of drug-likeness (QED) is 0.733. The SMILES string of the molecule is O=C(O)CC1Cc2cc(F)ccc2-c2[nH]c3c(F)cc(F)cc3c21. The first-order chi connectivity index (χ1) is 11.4. The molecule has 0 fully saturated rings. The molecule has 2 aromatic carbocycles. The van der Waals surface area contributed by atoms with Crippen LogP contribution < -0.4 is 0 Å².